The molecule has 2 N–H and O–H groups in total. The largest absolute Gasteiger partial charge is 0.480 e. The molecule has 1 aliphatic heterocycles. The summed E-state index contributed by atoms with van der Waals surface area (Å²) in [5.74, 6) is -1.52. The third kappa shape index (κ3) is 2.57. The lowest BCUT2D eigenvalue weighted by Gasteiger charge is -2.22. The summed E-state index contributed by atoms with van der Waals surface area (Å²) in [6.07, 6.45) is -0.745. The van der Waals surface area contributed by atoms with Crippen LogP contribution in [0.25, 0.3) is 0 Å². The van der Waals surface area contributed by atoms with Gasteiger partial charge in [0.15, 0.2) is 0 Å². The molecule has 5 nitrogen and oxygen atoms in total. The number of carbonyl (C=O) groups is 2. The lowest BCUT2D eigenvalue weighted by atomic mass is 10.1. The van der Waals surface area contributed by atoms with E-state index in [9.17, 15) is 14.7 Å². The van der Waals surface area contributed by atoms with Crippen molar-refractivity contribution in [1.29, 1.82) is 0 Å². The Morgan fingerprint density at radius 1 is 1.42 bits per heavy atom. The van der Waals surface area contributed by atoms with Gasteiger partial charge in [-0.3, -0.25) is 4.79 Å². The van der Waals surface area contributed by atoms with Gasteiger partial charge in [-0.1, -0.05) is 17.7 Å². The lowest BCUT2D eigenvalue weighted by molar-refractivity contribution is -0.141. The number of rotatable bonds is 2. The first-order valence-corrected chi connectivity index (χ1v) is 6.26. The number of amides is 1. The fourth-order valence-electron chi connectivity index (χ4n) is 2.27. The van der Waals surface area contributed by atoms with Crippen LogP contribution in [-0.4, -0.2) is 45.7 Å². The van der Waals surface area contributed by atoms with Crippen molar-refractivity contribution in [2.45, 2.75) is 25.5 Å². The Bertz CT molecular complexity index is 531. The quantitative estimate of drug-likeness (QED) is 0.858. The van der Waals surface area contributed by atoms with Crippen molar-refractivity contribution >= 4 is 23.5 Å². The summed E-state index contributed by atoms with van der Waals surface area (Å²) in [6.45, 7) is 1.74. The van der Waals surface area contributed by atoms with Gasteiger partial charge in [-0.25, -0.2) is 4.79 Å². The molecule has 2 atom stereocenters. The number of benzene rings is 1. The molecule has 1 aromatic carbocycles. The van der Waals surface area contributed by atoms with Crippen molar-refractivity contribution in [3.8, 4) is 0 Å². The highest BCUT2D eigenvalue weighted by Crippen LogP contribution is 2.25. The van der Waals surface area contributed by atoms with Crippen LogP contribution in [0.1, 0.15) is 22.3 Å². The molecule has 0 aliphatic carbocycles. The highest BCUT2D eigenvalue weighted by atomic mass is 35.5. The number of carbonyl (C=O) groups excluding carboxylic acids is 1. The van der Waals surface area contributed by atoms with Gasteiger partial charge >= 0.3 is 5.97 Å². The molecule has 19 heavy (non-hydrogen) atoms. The number of β-amino-alcohol motifs (C(OH)–C–C–N with tert-alkyl or cyclic N) is 1. The maximum absolute atomic E-state index is 12.4. The minimum absolute atomic E-state index is 0.0295. The summed E-state index contributed by atoms with van der Waals surface area (Å²) in [5.41, 5.74) is 0.979. The molecule has 0 spiro atoms. The minimum atomic E-state index is -1.11. The van der Waals surface area contributed by atoms with Crippen LogP contribution >= 0.6 is 11.6 Å². The average molecular weight is 284 g/mol. The molecule has 6 heteroatoms. The first kappa shape index (κ1) is 13.8. The Kier molecular flexibility index (Phi) is 3.78. The van der Waals surface area contributed by atoms with Gasteiger partial charge in [-0.05, 0) is 24.6 Å². The molecule has 0 radical (unpaired) electrons. The zero-order chi connectivity index (χ0) is 14.2. The van der Waals surface area contributed by atoms with E-state index in [1.807, 2.05) is 0 Å². The average Bonchev–Trinajstić information content (AvgIpc) is 2.74. The molecule has 102 valence electrons. The summed E-state index contributed by atoms with van der Waals surface area (Å²) in [5, 5.41) is 19.1. The molecule has 0 saturated carbocycles. The number of aliphatic carboxylic acids is 1. The normalized spacial score (nSPS) is 22.6. The van der Waals surface area contributed by atoms with Gasteiger partial charge in [0.2, 0.25) is 0 Å². The van der Waals surface area contributed by atoms with Gasteiger partial charge < -0.3 is 15.1 Å². The van der Waals surface area contributed by atoms with Crippen molar-refractivity contribution in [3.05, 3.63) is 34.3 Å². The molecule has 2 rings (SSSR count). The summed E-state index contributed by atoms with van der Waals surface area (Å²) in [7, 11) is 0. The fraction of sp³-hybridized carbons (Fsp3) is 0.385. The van der Waals surface area contributed by atoms with E-state index in [1.54, 1.807) is 25.1 Å². The van der Waals surface area contributed by atoms with Crippen molar-refractivity contribution in [2.75, 3.05) is 6.54 Å². The van der Waals surface area contributed by atoms with Gasteiger partial charge in [0.05, 0.1) is 6.10 Å². The molecule has 1 heterocycles. The zero-order valence-electron chi connectivity index (χ0n) is 10.3. The molecule has 0 aromatic heterocycles. The van der Waals surface area contributed by atoms with Crippen LogP contribution in [0.4, 0.5) is 0 Å². The number of carboxylic acids is 1. The maximum atomic E-state index is 12.4. The number of halogens is 1. The van der Waals surface area contributed by atoms with E-state index in [1.165, 1.54) is 4.90 Å². The highest BCUT2D eigenvalue weighted by Gasteiger charge is 2.39. The predicted molar refractivity (Wildman–Crippen MR) is 69.3 cm³/mol. The molecule has 1 amide bonds. The smallest absolute Gasteiger partial charge is 0.326 e. The van der Waals surface area contributed by atoms with Gasteiger partial charge in [-0.2, -0.15) is 0 Å². The molecular formula is C13H14ClNO4. The molecule has 1 aliphatic rings. The lowest BCUT2D eigenvalue weighted by Crippen LogP contribution is -2.40. The third-order valence-corrected chi connectivity index (χ3v) is 3.73. The first-order chi connectivity index (χ1) is 8.91. The molecule has 0 unspecified atom stereocenters. The van der Waals surface area contributed by atoms with Crippen LogP contribution in [0.15, 0.2) is 18.2 Å². The van der Waals surface area contributed by atoms with E-state index in [4.69, 9.17) is 16.7 Å². The number of hydrogen-bond acceptors (Lipinski definition) is 3. The number of carboxylic acid groups (broad SMARTS) is 1. The third-order valence-electron chi connectivity index (χ3n) is 3.32. The van der Waals surface area contributed by atoms with Crippen molar-refractivity contribution < 1.29 is 19.8 Å². The second kappa shape index (κ2) is 5.19. The number of aliphatic hydroxyl groups is 1. The predicted octanol–water partition coefficient (Wildman–Crippen LogP) is 1.31. The van der Waals surface area contributed by atoms with Crippen molar-refractivity contribution in [3.63, 3.8) is 0 Å². The van der Waals surface area contributed by atoms with Gasteiger partial charge in [0.1, 0.15) is 6.04 Å². The minimum Gasteiger partial charge on any atom is -0.480 e. The Hall–Kier alpha value is -1.59. The maximum Gasteiger partial charge on any atom is 0.326 e. The Morgan fingerprint density at radius 2 is 2.11 bits per heavy atom. The molecule has 1 fully saturated rings. The van der Waals surface area contributed by atoms with Crippen LogP contribution < -0.4 is 0 Å². The van der Waals surface area contributed by atoms with Crippen LogP contribution in [0.3, 0.4) is 0 Å². The van der Waals surface area contributed by atoms with Crippen molar-refractivity contribution in [2.24, 2.45) is 0 Å². The van der Waals surface area contributed by atoms with Crippen LogP contribution in [-0.2, 0) is 4.79 Å². The SMILES string of the molecule is Cc1c(Cl)cccc1C(=O)N1C[C@H](O)C[C@@H]1C(=O)O. The standard InChI is InChI=1S/C13H14ClNO4/c1-7-9(3-2-4-10(7)14)12(17)15-6-8(16)5-11(15)13(18)19/h2-4,8,11,16H,5-6H2,1H3,(H,18,19)/t8-,11-/m1/s1. The Morgan fingerprint density at radius 3 is 2.74 bits per heavy atom. The van der Waals surface area contributed by atoms with E-state index in [0.717, 1.165) is 0 Å². The Balaban J connectivity index is 2.33. The molecule has 1 aromatic rings. The van der Waals surface area contributed by atoms with Gasteiger partial charge in [0, 0.05) is 23.6 Å². The molecular weight excluding hydrogens is 270 g/mol. The van der Waals surface area contributed by atoms with Crippen LogP contribution in [0.2, 0.25) is 5.02 Å². The number of hydrogen-bond donors (Lipinski definition) is 2. The first-order valence-electron chi connectivity index (χ1n) is 5.88. The molecule has 1 saturated heterocycles. The van der Waals surface area contributed by atoms with E-state index < -0.39 is 24.0 Å². The van der Waals surface area contributed by atoms with Crippen LogP contribution in [0, 0.1) is 6.92 Å². The fourth-order valence-corrected chi connectivity index (χ4v) is 2.44. The van der Waals surface area contributed by atoms with E-state index >= 15 is 0 Å². The topological polar surface area (TPSA) is 77.8 Å². The summed E-state index contributed by atoms with van der Waals surface area (Å²) in [6, 6.07) is 3.93. The second-order valence-electron chi connectivity index (χ2n) is 4.61. The number of aliphatic hydroxyl groups excluding tert-OH is 1. The van der Waals surface area contributed by atoms with Gasteiger partial charge in [0.25, 0.3) is 5.91 Å². The Labute approximate surface area is 115 Å². The van der Waals surface area contributed by atoms with Crippen LogP contribution in [0.5, 0.6) is 0 Å². The summed E-state index contributed by atoms with van der Waals surface area (Å²) >= 11 is 5.96. The zero-order valence-corrected chi connectivity index (χ0v) is 11.1. The van der Waals surface area contributed by atoms with Gasteiger partial charge in [-0.15, -0.1) is 0 Å². The van der Waals surface area contributed by atoms with E-state index in [2.05, 4.69) is 0 Å². The van der Waals surface area contributed by atoms with E-state index in [0.29, 0.717) is 16.1 Å². The monoisotopic (exact) mass is 283 g/mol. The highest BCUT2D eigenvalue weighted by molar-refractivity contribution is 6.31. The van der Waals surface area contributed by atoms with Crippen molar-refractivity contribution in [1.82, 2.24) is 4.90 Å². The number of likely N-dealkylation sites (tertiary alicyclic amines) is 1. The summed E-state index contributed by atoms with van der Waals surface area (Å²) < 4.78 is 0. The van der Waals surface area contributed by atoms with E-state index in [-0.39, 0.29) is 13.0 Å². The number of nitrogens with zero attached hydrogens (tertiary/aromatic N) is 1. The second-order valence-corrected chi connectivity index (χ2v) is 5.02. The molecule has 0 bridgehead atoms. The summed E-state index contributed by atoms with van der Waals surface area (Å²) in [4.78, 5) is 24.7.